The van der Waals surface area contributed by atoms with E-state index in [0.717, 1.165) is 24.8 Å². The molecule has 0 aromatic rings. The second-order valence-electron chi connectivity index (χ2n) is 5.33. The largest absolute Gasteiger partial charge is 0.356 e. The van der Waals surface area contributed by atoms with Gasteiger partial charge in [-0.2, -0.15) is 0 Å². The van der Waals surface area contributed by atoms with Crippen LogP contribution in [0.4, 0.5) is 0 Å². The van der Waals surface area contributed by atoms with Crippen LogP contribution in [0, 0.1) is 5.92 Å². The molecule has 104 valence electrons. The van der Waals surface area contributed by atoms with E-state index in [1.165, 1.54) is 19.3 Å². The molecule has 1 unspecified atom stereocenters. The maximum Gasteiger partial charge on any atom is 0.191 e. The average Bonchev–Trinajstić information content (AvgIpc) is 3.08. The molecule has 0 spiro atoms. The van der Waals surface area contributed by atoms with E-state index in [9.17, 15) is 8.42 Å². The molecular formula is C12H23N3O2S. The second-order valence-corrected chi connectivity index (χ2v) is 7.56. The Balaban J connectivity index is 1.65. The zero-order valence-corrected chi connectivity index (χ0v) is 11.8. The SMILES string of the molecule is CN=C(NCCCC1CC1)NC1CCS(=O)(=O)C1. The van der Waals surface area contributed by atoms with E-state index in [1.54, 1.807) is 7.05 Å². The summed E-state index contributed by atoms with van der Waals surface area (Å²) in [7, 11) is -1.10. The van der Waals surface area contributed by atoms with E-state index < -0.39 is 9.84 Å². The van der Waals surface area contributed by atoms with Crippen molar-refractivity contribution in [2.24, 2.45) is 10.9 Å². The zero-order chi connectivity index (χ0) is 13.0. The zero-order valence-electron chi connectivity index (χ0n) is 11.0. The van der Waals surface area contributed by atoms with Crippen molar-refractivity contribution < 1.29 is 8.42 Å². The predicted molar refractivity (Wildman–Crippen MR) is 73.5 cm³/mol. The van der Waals surface area contributed by atoms with Crippen LogP contribution in [0.15, 0.2) is 4.99 Å². The van der Waals surface area contributed by atoms with Gasteiger partial charge < -0.3 is 10.6 Å². The summed E-state index contributed by atoms with van der Waals surface area (Å²) in [5.74, 6) is 2.22. The van der Waals surface area contributed by atoms with E-state index in [4.69, 9.17) is 0 Å². The molecule has 1 aliphatic heterocycles. The number of hydrogen-bond donors (Lipinski definition) is 2. The topological polar surface area (TPSA) is 70.6 Å². The van der Waals surface area contributed by atoms with Crippen LogP contribution in [0.3, 0.4) is 0 Å². The number of guanidine groups is 1. The highest BCUT2D eigenvalue weighted by molar-refractivity contribution is 7.91. The van der Waals surface area contributed by atoms with E-state index in [0.29, 0.717) is 12.2 Å². The molecule has 1 atom stereocenters. The summed E-state index contributed by atoms with van der Waals surface area (Å²) < 4.78 is 22.7. The fourth-order valence-electron chi connectivity index (χ4n) is 2.30. The fourth-order valence-corrected chi connectivity index (χ4v) is 3.97. The smallest absolute Gasteiger partial charge is 0.191 e. The van der Waals surface area contributed by atoms with Gasteiger partial charge in [0.05, 0.1) is 11.5 Å². The summed E-state index contributed by atoms with van der Waals surface area (Å²) in [4.78, 5) is 4.13. The molecule has 2 rings (SSSR count). The van der Waals surface area contributed by atoms with Crippen LogP contribution in [0.25, 0.3) is 0 Å². The Bertz CT molecular complexity index is 402. The van der Waals surface area contributed by atoms with Crippen LogP contribution in [0.1, 0.15) is 32.1 Å². The average molecular weight is 273 g/mol. The van der Waals surface area contributed by atoms with E-state index in [2.05, 4.69) is 15.6 Å². The van der Waals surface area contributed by atoms with Crippen LogP contribution in [0.5, 0.6) is 0 Å². The van der Waals surface area contributed by atoms with Crippen molar-refractivity contribution in [3.63, 3.8) is 0 Å². The summed E-state index contributed by atoms with van der Waals surface area (Å²) in [6.07, 6.45) is 5.93. The van der Waals surface area contributed by atoms with Crippen LogP contribution < -0.4 is 10.6 Å². The molecular weight excluding hydrogens is 250 g/mol. The molecule has 1 saturated heterocycles. The fraction of sp³-hybridized carbons (Fsp3) is 0.917. The van der Waals surface area contributed by atoms with Gasteiger partial charge in [0, 0.05) is 19.6 Å². The third-order valence-corrected chi connectivity index (χ3v) is 5.34. The first-order valence-corrected chi connectivity index (χ1v) is 8.59. The monoisotopic (exact) mass is 273 g/mol. The summed E-state index contributed by atoms with van der Waals surface area (Å²) in [6, 6.07) is 0.0182. The first-order valence-electron chi connectivity index (χ1n) is 6.76. The van der Waals surface area contributed by atoms with Crippen molar-refractivity contribution in [1.82, 2.24) is 10.6 Å². The summed E-state index contributed by atoms with van der Waals surface area (Å²) in [5.41, 5.74) is 0. The first-order chi connectivity index (χ1) is 8.59. The summed E-state index contributed by atoms with van der Waals surface area (Å²) >= 11 is 0. The molecule has 0 bridgehead atoms. The molecule has 2 N–H and O–H groups in total. The molecule has 1 heterocycles. The van der Waals surface area contributed by atoms with Crippen molar-refractivity contribution >= 4 is 15.8 Å². The third kappa shape index (κ3) is 4.48. The van der Waals surface area contributed by atoms with Gasteiger partial charge in [-0.25, -0.2) is 8.42 Å². The molecule has 0 radical (unpaired) electrons. The molecule has 6 heteroatoms. The highest BCUT2D eigenvalue weighted by Gasteiger charge is 2.28. The first kappa shape index (κ1) is 13.6. The number of hydrogen-bond acceptors (Lipinski definition) is 3. The van der Waals surface area contributed by atoms with Crippen LogP contribution in [0.2, 0.25) is 0 Å². The second kappa shape index (κ2) is 5.91. The van der Waals surface area contributed by atoms with Crippen molar-refractivity contribution in [1.29, 1.82) is 0 Å². The van der Waals surface area contributed by atoms with Gasteiger partial charge in [-0.05, 0) is 25.2 Å². The van der Waals surface area contributed by atoms with E-state index >= 15 is 0 Å². The molecule has 0 aromatic carbocycles. The van der Waals surface area contributed by atoms with Gasteiger partial charge >= 0.3 is 0 Å². The summed E-state index contributed by atoms with van der Waals surface area (Å²) in [6.45, 7) is 0.912. The van der Waals surface area contributed by atoms with Gasteiger partial charge in [0.1, 0.15) is 0 Å². The standard InChI is InChI=1S/C12H23N3O2S/c1-13-12(14-7-2-3-10-4-5-10)15-11-6-8-18(16,17)9-11/h10-11H,2-9H2,1H3,(H2,13,14,15). The minimum Gasteiger partial charge on any atom is -0.356 e. The number of nitrogens with one attached hydrogen (secondary N) is 2. The lowest BCUT2D eigenvalue weighted by atomic mass is 10.2. The Morgan fingerprint density at radius 1 is 1.33 bits per heavy atom. The quantitative estimate of drug-likeness (QED) is 0.435. The van der Waals surface area contributed by atoms with Gasteiger partial charge in [0.2, 0.25) is 0 Å². The van der Waals surface area contributed by atoms with Gasteiger partial charge in [0.15, 0.2) is 15.8 Å². The van der Waals surface area contributed by atoms with Gasteiger partial charge in [-0.1, -0.05) is 12.8 Å². The van der Waals surface area contributed by atoms with Crippen molar-refractivity contribution in [2.75, 3.05) is 25.1 Å². The third-order valence-electron chi connectivity index (χ3n) is 3.58. The van der Waals surface area contributed by atoms with Gasteiger partial charge in [0.25, 0.3) is 0 Å². The highest BCUT2D eigenvalue weighted by Crippen LogP contribution is 2.33. The normalized spacial score (nSPS) is 27.2. The lowest BCUT2D eigenvalue weighted by molar-refractivity contribution is 0.598. The van der Waals surface area contributed by atoms with E-state index in [1.807, 2.05) is 0 Å². The van der Waals surface area contributed by atoms with Crippen LogP contribution in [-0.4, -0.2) is 45.5 Å². The number of nitrogens with zero attached hydrogens (tertiary/aromatic N) is 1. The molecule has 1 aliphatic carbocycles. The highest BCUT2D eigenvalue weighted by atomic mass is 32.2. The minimum atomic E-state index is -2.82. The molecule has 0 aromatic heterocycles. The Kier molecular flexibility index (Phi) is 4.48. The van der Waals surface area contributed by atoms with Crippen molar-refractivity contribution in [3.05, 3.63) is 0 Å². The molecule has 0 amide bonds. The molecule has 2 aliphatic rings. The molecule has 5 nitrogen and oxygen atoms in total. The maximum atomic E-state index is 11.4. The number of sulfone groups is 1. The molecule has 18 heavy (non-hydrogen) atoms. The number of aliphatic imine (C=N–C) groups is 1. The lowest BCUT2D eigenvalue weighted by Gasteiger charge is -2.15. The Morgan fingerprint density at radius 2 is 2.11 bits per heavy atom. The van der Waals surface area contributed by atoms with Crippen molar-refractivity contribution in [3.8, 4) is 0 Å². The van der Waals surface area contributed by atoms with Crippen molar-refractivity contribution in [2.45, 2.75) is 38.1 Å². The maximum absolute atomic E-state index is 11.4. The molecule has 2 fully saturated rings. The lowest BCUT2D eigenvalue weighted by Crippen LogP contribution is -2.44. The molecule has 1 saturated carbocycles. The van der Waals surface area contributed by atoms with E-state index in [-0.39, 0.29) is 11.8 Å². The van der Waals surface area contributed by atoms with Crippen LogP contribution in [-0.2, 0) is 9.84 Å². The Morgan fingerprint density at radius 3 is 2.67 bits per heavy atom. The van der Waals surface area contributed by atoms with Gasteiger partial charge in [-0.15, -0.1) is 0 Å². The van der Waals surface area contributed by atoms with Crippen LogP contribution >= 0.6 is 0 Å². The Hall–Kier alpha value is -0.780. The predicted octanol–water partition coefficient (Wildman–Crippen LogP) is 0.529. The minimum absolute atomic E-state index is 0.0182. The Labute approximate surface area is 109 Å². The van der Waals surface area contributed by atoms with Gasteiger partial charge in [-0.3, -0.25) is 4.99 Å². The number of rotatable bonds is 5. The summed E-state index contributed by atoms with van der Waals surface area (Å²) in [5, 5.41) is 6.44.